The number of fused-ring (bicyclic) bond motifs is 3. The van der Waals surface area contributed by atoms with Crippen LogP contribution in [0.3, 0.4) is 0 Å². The Hall–Kier alpha value is -4.67. The largest absolute Gasteiger partial charge is 0.396 e. The average molecular weight is 743 g/mol. The summed E-state index contributed by atoms with van der Waals surface area (Å²) in [6.07, 6.45) is -1.92. The van der Waals surface area contributed by atoms with Crippen molar-refractivity contribution in [1.29, 1.82) is 0 Å². The molecule has 0 bridgehead atoms. The topological polar surface area (TPSA) is 255 Å². The fraction of sp³-hybridized carbons (Fsp3) is 0.393. The van der Waals surface area contributed by atoms with Crippen LogP contribution in [0.2, 0.25) is 0 Å². The van der Waals surface area contributed by atoms with E-state index in [-0.39, 0.29) is 65.0 Å². The second kappa shape index (κ2) is 13.1. The predicted molar refractivity (Wildman–Crippen MR) is 175 cm³/mol. The third-order valence-electron chi connectivity index (χ3n) is 9.13. The number of carbonyl (C=O) groups excluding carboxylic acids is 1. The third-order valence-corrected chi connectivity index (χ3v) is 10.7. The van der Waals surface area contributed by atoms with Crippen LogP contribution in [-0.2, 0) is 25.6 Å². The molecule has 2 aliphatic rings. The Bertz CT molecular complexity index is 2360. The molecule has 1 unspecified atom stereocenters. The summed E-state index contributed by atoms with van der Waals surface area (Å²) in [6.45, 7) is -4.80. The third kappa shape index (κ3) is 5.98. The van der Waals surface area contributed by atoms with Crippen molar-refractivity contribution < 1.29 is 38.1 Å². The van der Waals surface area contributed by atoms with Crippen molar-refractivity contribution in [1.82, 2.24) is 54.1 Å². The number of amides is 1. The Morgan fingerprint density at radius 3 is 2.67 bits per heavy atom. The van der Waals surface area contributed by atoms with Crippen molar-refractivity contribution in [3.8, 4) is 0 Å². The van der Waals surface area contributed by atoms with Crippen LogP contribution in [0.4, 0.5) is 10.2 Å². The molecular weight excluding hydrogens is 714 g/mol. The van der Waals surface area contributed by atoms with Crippen molar-refractivity contribution in [3.63, 3.8) is 0 Å². The molecule has 8 rings (SSSR count). The normalized spacial score (nSPS) is 26.1. The Morgan fingerprint density at radius 2 is 1.86 bits per heavy atom. The number of alkyl halides is 1. The lowest BCUT2D eigenvalue weighted by atomic mass is 9.70. The summed E-state index contributed by atoms with van der Waals surface area (Å²) in [6, 6.07) is 8.14. The Labute approximate surface area is 289 Å². The first-order valence-electron chi connectivity index (χ1n) is 15.5. The molecule has 6 aromatic rings. The number of benzene rings is 1. The number of nitrogens with zero attached hydrogens (tertiary/aromatic N) is 10. The number of ether oxygens (including phenoxy) is 1. The Morgan fingerprint density at radius 1 is 1.10 bits per heavy atom. The van der Waals surface area contributed by atoms with Gasteiger partial charge in [-0.05, 0) is 41.5 Å². The number of imidazole rings is 2. The number of aromatic amines is 1. The summed E-state index contributed by atoms with van der Waals surface area (Å²) in [5, 5.41) is 33.1. The number of nitrogens with one attached hydrogen (secondary N) is 2. The molecule has 1 aromatic carbocycles. The highest BCUT2D eigenvalue weighted by Gasteiger charge is 2.47. The Balaban J connectivity index is 0.920. The lowest BCUT2D eigenvalue weighted by molar-refractivity contribution is -0.0464. The maximum Gasteiger partial charge on any atom is 0.324 e. The molecule has 5 N–H and O–H groups in total. The lowest BCUT2D eigenvalue weighted by Gasteiger charge is -2.44. The van der Waals surface area contributed by atoms with Crippen molar-refractivity contribution >= 4 is 58.4 Å². The van der Waals surface area contributed by atoms with E-state index < -0.39 is 49.4 Å². The van der Waals surface area contributed by atoms with Crippen molar-refractivity contribution in [3.05, 3.63) is 65.2 Å². The number of aliphatic hydroxyl groups is 2. The molecule has 23 heteroatoms. The van der Waals surface area contributed by atoms with Gasteiger partial charge in [0.1, 0.15) is 18.5 Å². The number of aromatic nitrogens is 11. The highest BCUT2D eigenvalue weighted by molar-refractivity contribution is 8.07. The number of aliphatic hydroxyl groups excluding tert-OH is 2. The van der Waals surface area contributed by atoms with Gasteiger partial charge in [-0.1, -0.05) is 23.3 Å². The fourth-order valence-electron chi connectivity index (χ4n) is 6.37. The Kier molecular flexibility index (Phi) is 8.63. The van der Waals surface area contributed by atoms with E-state index in [0.29, 0.717) is 12.0 Å². The molecule has 20 nitrogen and oxygen atoms in total. The number of anilines is 1. The zero-order chi connectivity index (χ0) is 35.4. The van der Waals surface area contributed by atoms with E-state index in [1.165, 1.54) is 23.5 Å². The van der Waals surface area contributed by atoms with Crippen LogP contribution in [0.1, 0.15) is 29.0 Å². The number of carbonyl (C=O) groups is 1. The lowest BCUT2D eigenvalue weighted by Crippen LogP contribution is -2.43. The van der Waals surface area contributed by atoms with E-state index in [2.05, 4.69) is 45.8 Å². The van der Waals surface area contributed by atoms with Gasteiger partial charge >= 0.3 is 12.3 Å². The second-order valence-electron chi connectivity index (χ2n) is 12.0. The summed E-state index contributed by atoms with van der Waals surface area (Å²) in [5.41, 5.74) is 0.572. The van der Waals surface area contributed by atoms with Gasteiger partial charge in [-0.25, -0.2) is 24.3 Å². The minimum atomic E-state index is -3.97. The van der Waals surface area contributed by atoms with Crippen LogP contribution in [0, 0.1) is 11.8 Å². The molecule has 2 fully saturated rings. The molecule has 51 heavy (non-hydrogen) atoms. The minimum absolute atomic E-state index is 0.0556. The monoisotopic (exact) mass is 742 g/mol. The number of tetrazole rings is 1. The molecule has 1 amide bonds. The van der Waals surface area contributed by atoms with Gasteiger partial charge in [-0.3, -0.25) is 14.2 Å². The summed E-state index contributed by atoms with van der Waals surface area (Å²) >= 11 is 5.21. The first-order chi connectivity index (χ1) is 24.6. The highest BCUT2D eigenvalue weighted by atomic mass is 32.5. The molecule has 8 atom stereocenters. The minimum Gasteiger partial charge on any atom is -0.396 e. The standard InChI is InChI=1S/C28H28FN12O8PS/c29-18-21(43)17(49-27(18)40-12-32-19-22(30-10-31-23(19)40)34-25(44)13-4-2-1-3-5-13)9-48-50(46,51)47-8-15-14(7-42)6-16(15)39-11-33-20-24(39)35-28-36-37-38-41(28)26(20)45/h1-5,10-12,14-18,21,27,42-43H,6-9H2,(H,46,51)(H,35,36,38)(H,30,31,34,44)/t14-,15-,16-,17-,18-,21-,27-,50?/m1/s1. The molecule has 1 saturated heterocycles. The summed E-state index contributed by atoms with van der Waals surface area (Å²) in [5.74, 6) is -0.892. The molecule has 266 valence electrons. The number of hydrogen-bond donors (Lipinski definition) is 5. The molecular formula is C28H28FN12O8PS. The van der Waals surface area contributed by atoms with Crippen LogP contribution in [0.5, 0.6) is 0 Å². The highest BCUT2D eigenvalue weighted by Crippen LogP contribution is 2.50. The molecule has 1 aliphatic carbocycles. The molecule has 0 radical (unpaired) electrons. The van der Waals surface area contributed by atoms with E-state index in [0.717, 1.165) is 4.52 Å². The molecule has 1 aliphatic heterocycles. The summed E-state index contributed by atoms with van der Waals surface area (Å²) < 4.78 is 36.4. The van der Waals surface area contributed by atoms with E-state index in [1.807, 2.05) is 0 Å². The molecule has 5 aromatic heterocycles. The van der Waals surface area contributed by atoms with Crippen molar-refractivity contribution in [2.75, 3.05) is 25.1 Å². The van der Waals surface area contributed by atoms with Crippen molar-refractivity contribution in [2.45, 2.75) is 37.1 Å². The molecule has 6 heterocycles. The maximum atomic E-state index is 15.5. The van der Waals surface area contributed by atoms with Gasteiger partial charge in [0.05, 0.1) is 25.9 Å². The molecule has 1 saturated carbocycles. The number of H-pyrrole nitrogens is 1. The predicted octanol–water partition coefficient (Wildman–Crippen LogP) is 0.270. The maximum absolute atomic E-state index is 15.5. The van der Waals surface area contributed by atoms with Crippen LogP contribution in [-0.4, -0.2) is 113 Å². The van der Waals surface area contributed by atoms with Gasteiger partial charge in [0.25, 0.3) is 11.7 Å². The molecule has 0 spiro atoms. The van der Waals surface area contributed by atoms with Crippen LogP contribution in [0.15, 0.2) is 54.1 Å². The summed E-state index contributed by atoms with van der Waals surface area (Å²) in [4.78, 5) is 57.4. The van der Waals surface area contributed by atoms with Gasteiger partial charge in [0.2, 0.25) is 0 Å². The van der Waals surface area contributed by atoms with Gasteiger partial charge in [0.15, 0.2) is 40.5 Å². The van der Waals surface area contributed by atoms with Gasteiger partial charge in [0, 0.05) is 24.1 Å². The van der Waals surface area contributed by atoms with Crippen molar-refractivity contribution in [2.24, 2.45) is 11.8 Å². The van der Waals surface area contributed by atoms with Crippen LogP contribution in [0.25, 0.3) is 28.1 Å². The van der Waals surface area contributed by atoms with Gasteiger partial charge in [-0.15, -0.1) is 0 Å². The quantitative estimate of drug-likeness (QED) is 0.112. The first kappa shape index (κ1) is 33.5. The van der Waals surface area contributed by atoms with Gasteiger partial charge in [-0.2, -0.15) is 14.7 Å². The number of halogens is 1. The first-order valence-corrected chi connectivity index (χ1v) is 18.1. The smallest absolute Gasteiger partial charge is 0.324 e. The second-order valence-corrected chi connectivity index (χ2v) is 14.9. The van der Waals surface area contributed by atoms with Gasteiger partial charge < -0.3 is 38.8 Å². The van der Waals surface area contributed by atoms with E-state index in [9.17, 15) is 24.7 Å². The van der Waals surface area contributed by atoms with E-state index in [4.69, 9.17) is 25.6 Å². The number of hydrogen-bond acceptors (Lipinski definition) is 15. The van der Waals surface area contributed by atoms with E-state index in [1.54, 1.807) is 34.9 Å². The van der Waals surface area contributed by atoms with Crippen LogP contribution >= 0.6 is 6.72 Å². The van der Waals surface area contributed by atoms with E-state index >= 15 is 4.39 Å². The van der Waals surface area contributed by atoms with Crippen LogP contribution < -0.4 is 10.9 Å². The fourth-order valence-corrected chi connectivity index (χ4v) is 7.51. The average Bonchev–Trinajstić information content (AvgIpc) is 3.92. The SMILES string of the molecule is O=C(Nc1ncnc2c1ncn2[C@@H]1O[C@H](COP(O)(=S)OC[C@@H]2[C@@H](CO)C[C@H]2n2cnc3c(=O)n4[nH]nnc4nc32)[C@@H](O)[C@H]1F)c1ccccc1. The zero-order valence-corrected chi connectivity index (χ0v) is 27.8. The zero-order valence-electron chi connectivity index (χ0n) is 26.1. The summed E-state index contributed by atoms with van der Waals surface area (Å²) in [7, 11) is 0. The number of rotatable bonds is 11.